The molecular formula is C11H14BrNO. The van der Waals surface area contributed by atoms with Crippen LogP contribution in [-0.2, 0) is 5.41 Å². The van der Waals surface area contributed by atoms with Gasteiger partial charge < -0.3 is 0 Å². The second-order valence-electron chi connectivity index (χ2n) is 4.37. The fraction of sp³-hybridized carbons (Fsp3) is 0.455. The van der Waals surface area contributed by atoms with Gasteiger partial charge in [0.1, 0.15) is 4.60 Å². The highest BCUT2D eigenvalue weighted by Crippen LogP contribution is 2.23. The SMILES string of the molecule is CC(=O)c1cc(Br)nc(C(C)(C)C)c1. The lowest BCUT2D eigenvalue weighted by Crippen LogP contribution is -2.14. The van der Waals surface area contributed by atoms with Crippen LogP contribution in [0.25, 0.3) is 0 Å². The minimum Gasteiger partial charge on any atom is -0.295 e. The Hall–Kier alpha value is -0.700. The summed E-state index contributed by atoms with van der Waals surface area (Å²) in [7, 11) is 0. The summed E-state index contributed by atoms with van der Waals surface area (Å²) in [5, 5.41) is 0. The van der Waals surface area contributed by atoms with Gasteiger partial charge in [-0.25, -0.2) is 4.98 Å². The van der Waals surface area contributed by atoms with Crippen molar-refractivity contribution >= 4 is 21.7 Å². The van der Waals surface area contributed by atoms with Gasteiger partial charge in [0.15, 0.2) is 5.78 Å². The molecule has 0 atom stereocenters. The van der Waals surface area contributed by atoms with Crippen molar-refractivity contribution in [1.82, 2.24) is 4.98 Å². The maximum atomic E-state index is 11.2. The number of halogens is 1. The lowest BCUT2D eigenvalue weighted by Gasteiger charge is -2.18. The summed E-state index contributed by atoms with van der Waals surface area (Å²) in [5.74, 6) is 0.0681. The Morgan fingerprint density at radius 2 is 1.93 bits per heavy atom. The number of aromatic nitrogens is 1. The average Bonchev–Trinajstić information content (AvgIpc) is 2.01. The second kappa shape index (κ2) is 3.81. The first-order valence-corrected chi connectivity index (χ1v) is 5.29. The number of Topliss-reactive ketones (excluding diaryl/α,β-unsaturated/α-hetero) is 1. The number of hydrogen-bond donors (Lipinski definition) is 0. The van der Waals surface area contributed by atoms with Crippen LogP contribution in [0.5, 0.6) is 0 Å². The summed E-state index contributed by atoms with van der Waals surface area (Å²) in [6.07, 6.45) is 0. The molecule has 0 N–H and O–H groups in total. The number of rotatable bonds is 1. The minimum atomic E-state index is -0.0337. The van der Waals surface area contributed by atoms with Crippen molar-refractivity contribution in [3.8, 4) is 0 Å². The monoisotopic (exact) mass is 255 g/mol. The second-order valence-corrected chi connectivity index (χ2v) is 5.18. The first-order chi connectivity index (χ1) is 6.30. The fourth-order valence-electron chi connectivity index (χ4n) is 1.08. The molecule has 0 spiro atoms. The van der Waals surface area contributed by atoms with E-state index in [0.717, 1.165) is 10.3 Å². The summed E-state index contributed by atoms with van der Waals surface area (Å²) in [4.78, 5) is 15.6. The van der Waals surface area contributed by atoms with Crippen LogP contribution in [-0.4, -0.2) is 10.8 Å². The molecule has 0 aliphatic rings. The molecule has 0 amide bonds. The van der Waals surface area contributed by atoms with Gasteiger partial charge in [-0.15, -0.1) is 0 Å². The predicted molar refractivity (Wildman–Crippen MR) is 60.6 cm³/mol. The molecule has 0 radical (unpaired) electrons. The Balaban J connectivity index is 3.28. The van der Waals surface area contributed by atoms with E-state index in [2.05, 4.69) is 41.7 Å². The van der Waals surface area contributed by atoms with E-state index in [4.69, 9.17) is 0 Å². The van der Waals surface area contributed by atoms with Gasteiger partial charge in [0.05, 0.1) is 0 Å². The molecule has 1 rings (SSSR count). The smallest absolute Gasteiger partial charge is 0.159 e. The van der Waals surface area contributed by atoms with Crippen LogP contribution in [0.2, 0.25) is 0 Å². The van der Waals surface area contributed by atoms with Crippen molar-refractivity contribution in [1.29, 1.82) is 0 Å². The zero-order valence-electron chi connectivity index (χ0n) is 8.89. The van der Waals surface area contributed by atoms with Crippen molar-refractivity contribution in [2.45, 2.75) is 33.1 Å². The Kier molecular flexibility index (Phi) is 3.10. The fourth-order valence-corrected chi connectivity index (χ4v) is 1.52. The van der Waals surface area contributed by atoms with Crippen LogP contribution in [0.3, 0.4) is 0 Å². The molecule has 76 valence electrons. The molecule has 2 nitrogen and oxygen atoms in total. The lowest BCUT2D eigenvalue weighted by atomic mass is 9.90. The van der Waals surface area contributed by atoms with Crippen LogP contribution < -0.4 is 0 Å². The van der Waals surface area contributed by atoms with Gasteiger partial charge in [0.2, 0.25) is 0 Å². The minimum absolute atomic E-state index is 0.0337. The van der Waals surface area contributed by atoms with Crippen LogP contribution in [0.1, 0.15) is 43.7 Å². The first-order valence-electron chi connectivity index (χ1n) is 4.50. The van der Waals surface area contributed by atoms with E-state index in [1.807, 2.05) is 6.07 Å². The van der Waals surface area contributed by atoms with Gasteiger partial charge in [-0.3, -0.25) is 4.79 Å². The summed E-state index contributed by atoms with van der Waals surface area (Å²) in [5.41, 5.74) is 1.60. The summed E-state index contributed by atoms with van der Waals surface area (Å²) in [6, 6.07) is 3.60. The summed E-state index contributed by atoms with van der Waals surface area (Å²) < 4.78 is 0.718. The van der Waals surface area contributed by atoms with Gasteiger partial charge in [-0.1, -0.05) is 20.8 Å². The Labute approximate surface area is 92.9 Å². The van der Waals surface area contributed by atoms with Crippen molar-refractivity contribution in [2.75, 3.05) is 0 Å². The molecule has 1 aromatic heterocycles. The van der Waals surface area contributed by atoms with Crippen LogP contribution in [0, 0.1) is 0 Å². The van der Waals surface area contributed by atoms with E-state index in [-0.39, 0.29) is 11.2 Å². The van der Waals surface area contributed by atoms with Crippen molar-refractivity contribution < 1.29 is 4.79 Å². The van der Waals surface area contributed by atoms with Crippen molar-refractivity contribution in [3.05, 3.63) is 28.0 Å². The van der Waals surface area contributed by atoms with E-state index in [1.54, 1.807) is 13.0 Å². The van der Waals surface area contributed by atoms with E-state index in [0.29, 0.717) is 5.56 Å². The quantitative estimate of drug-likeness (QED) is 0.569. The highest BCUT2D eigenvalue weighted by atomic mass is 79.9. The normalized spacial score (nSPS) is 11.5. The molecule has 14 heavy (non-hydrogen) atoms. The van der Waals surface area contributed by atoms with E-state index < -0.39 is 0 Å². The largest absolute Gasteiger partial charge is 0.295 e. The van der Waals surface area contributed by atoms with Gasteiger partial charge in [0, 0.05) is 16.7 Å². The van der Waals surface area contributed by atoms with Gasteiger partial charge in [-0.05, 0) is 35.0 Å². The van der Waals surface area contributed by atoms with Gasteiger partial charge in [-0.2, -0.15) is 0 Å². The lowest BCUT2D eigenvalue weighted by molar-refractivity contribution is 0.101. The zero-order chi connectivity index (χ0) is 10.9. The van der Waals surface area contributed by atoms with E-state index >= 15 is 0 Å². The predicted octanol–water partition coefficient (Wildman–Crippen LogP) is 3.34. The summed E-state index contributed by atoms with van der Waals surface area (Å²) in [6.45, 7) is 7.79. The number of pyridine rings is 1. The Morgan fingerprint density at radius 1 is 1.36 bits per heavy atom. The molecule has 0 fully saturated rings. The molecule has 0 bridgehead atoms. The molecular weight excluding hydrogens is 242 g/mol. The van der Waals surface area contributed by atoms with Gasteiger partial charge in [0.25, 0.3) is 0 Å². The zero-order valence-corrected chi connectivity index (χ0v) is 10.5. The average molecular weight is 256 g/mol. The molecule has 1 heterocycles. The molecule has 0 saturated heterocycles. The topological polar surface area (TPSA) is 30.0 Å². The maximum Gasteiger partial charge on any atom is 0.159 e. The first kappa shape index (κ1) is 11.4. The Morgan fingerprint density at radius 3 is 2.36 bits per heavy atom. The number of carbonyl (C=O) groups excluding carboxylic acids is 1. The van der Waals surface area contributed by atoms with Crippen molar-refractivity contribution in [3.63, 3.8) is 0 Å². The number of ketones is 1. The third-order valence-corrected chi connectivity index (χ3v) is 2.38. The van der Waals surface area contributed by atoms with Crippen LogP contribution >= 0.6 is 15.9 Å². The molecule has 3 heteroatoms. The van der Waals surface area contributed by atoms with Crippen molar-refractivity contribution in [2.24, 2.45) is 0 Å². The van der Waals surface area contributed by atoms with E-state index in [9.17, 15) is 4.79 Å². The molecule has 0 aliphatic heterocycles. The van der Waals surface area contributed by atoms with E-state index in [1.165, 1.54) is 0 Å². The van der Waals surface area contributed by atoms with Crippen LogP contribution in [0.4, 0.5) is 0 Å². The number of nitrogens with zero attached hydrogens (tertiary/aromatic N) is 1. The molecule has 0 saturated carbocycles. The highest BCUT2D eigenvalue weighted by Gasteiger charge is 2.17. The molecule has 0 unspecified atom stereocenters. The molecule has 0 aliphatic carbocycles. The van der Waals surface area contributed by atoms with Crippen LogP contribution in [0.15, 0.2) is 16.7 Å². The molecule has 0 aromatic carbocycles. The third kappa shape index (κ3) is 2.64. The third-order valence-electron chi connectivity index (χ3n) is 1.97. The Bertz CT molecular complexity index is 366. The number of carbonyl (C=O) groups is 1. The summed E-state index contributed by atoms with van der Waals surface area (Å²) >= 11 is 3.31. The van der Waals surface area contributed by atoms with Gasteiger partial charge >= 0.3 is 0 Å². The standard InChI is InChI=1S/C11H14BrNO/c1-7(14)8-5-9(11(2,3)4)13-10(12)6-8/h5-6H,1-4H3. The number of hydrogen-bond acceptors (Lipinski definition) is 2. The maximum absolute atomic E-state index is 11.2. The molecule has 1 aromatic rings. The highest BCUT2D eigenvalue weighted by molar-refractivity contribution is 9.10.